The van der Waals surface area contributed by atoms with Crippen LogP contribution in [0.1, 0.15) is 42.5 Å². The minimum absolute atomic E-state index is 0.268. The van der Waals surface area contributed by atoms with Gasteiger partial charge in [0.2, 0.25) is 0 Å². The van der Waals surface area contributed by atoms with Gasteiger partial charge in [0.15, 0.2) is 0 Å². The maximum absolute atomic E-state index is 11.3. The Morgan fingerprint density at radius 3 is 2.26 bits per heavy atom. The Hall–Kier alpha value is -0.910. The lowest BCUT2D eigenvalue weighted by molar-refractivity contribution is 0.201. The minimum Gasteiger partial charge on any atom is -0.307 e. The molecule has 0 radical (unpaired) electrons. The van der Waals surface area contributed by atoms with Crippen LogP contribution in [0.5, 0.6) is 0 Å². The van der Waals surface area contributed by atoms with Crippen LogP contribution in [0.2, 0.25) is 0 Å². The van der Waals surface area contributed by atoms with Gasteiger partial charge in [-0.25, -0.2) is 8.42 Å². The molecule has 4 nitrogen and oxygen atoms in total. The Morgan fingerprint density at radius 2 is 1.74 bits per heavy atom. The molecule has 2 rings (SSSR count). The Morgan fingerprint density at radius 1 is 1.17 bits per heavy atom. The van der Waals surface area contributed by atoms with E-state index in [0.29, 0.717) is 18.6 Å². The van der Waals surface area contributed by atoms with E-state index in [-0.39, 0.29) is 5.75 Å². The summed E-state index contributed by atoms with van der Waals surface area (Å²) in [5, 5.41) is 3.74. The molecule has 0 unspecified atom stereocenters. The zero-order chi connectivity index (χ0) is 17.0. The van der Waals surface area contributed by atoms with Crippen LogP contribution >= 0.6 is 0 Å². The van der Waals surface area contributed by atoms with Gasteiger partial charge in [-0.15, -0.1) is 0 Å². The molecule has 1 aliphatic rings. The Labute approximate surface area is 141 Å². The summed E-state index contributed by atoms with van der Waals surface area (Å²) in [6.45, 7) is 9.13. The third-order valence-corrected chi connectivity index (χ3v) is 5.52. The van der Waals surface area contributed by atoms with Crippen LogP contribution in [0.15, 0.2) is 18.2 Å². The molecule has 5 heteroatoms. The van der Waals surface area contributed by atoms with Crippen molar-refractivity contribution in [2.75, 3.05) is 31.6 Å². The molecule has 0 saturated carbocycles. The number of rotatable bonds is 6. The summed E-state index contributed by atoms with van der Waals surface area (Å²) in [6.07, 6.45) is 3.48. The molecule has 1 aromatic carbocycles. The van der Waals surface area contributed by atoms with E-state index < -0.39 is 9.84 Å². The molecule has 1 heterocycles. The van der Waals surface area contributed by atoms with Crippen LogP contribution in [0.25, 0.3) is 0 Å². The summed E-state index contributed by atoms with van der Waals surface area (Å²) in [7, 11) is -2.86. The molecule has 0 spiro atoms. The molecule has 0 amide bonds. The summed E-state index contributed by atoms with van der Waals surface area (Å²) in [4.78, 5) is 2.26. The van der Waals surface area contributed by atoms with Crippen molar-refractivity contribution in [2.24, 2.45) is 0 Å². The summed E-state index contributed by atoms with van der Waals surface area (Å²) in [5.41, 5.74) is 3.97. The zero-order valence-electron chi connectivity index (χ0n) is 14.8. The lowest BCUT2D eigenvalue weighted by Gasteiger charge is -2.34. The average Bonchev–Trinajstić information content (AvgIpc) is 2.44. The molecule has 1 atom stereocenters. The molecule has 130 valence electrons. The first-order chi connectivity index (χ1) is 10.7. The van der Waals surface area contributed by atoms with Crippen molar-refractivity contribution in [3.63, 3.8) is 0 Å². The predicted octanol–water partition coefficient (Wildman–Crippen LogP) is 2.46. The van der Waals surface area contributed by atoms with Crippen LogP contribution in [-0.2, 0) is 9.84 Å². The van der Waals surface area contributed by atoms with Gasteiger partial charge in [-0.05, 0) is 52.3 Å². The number of sulfone groups is 1. The van der Waals surface area contributed by atoms with E-state index in [0.717, 1.165) is 25.9 Å². The molecule has 1 saturated heterocycles. The average molecular weight is 339 g/mol. The second-order valence-corrected chi connectivity index (χ2v) is 9.31. The highest BCUT2D eigenvalue weighted by molar-refractivity contribution is 7.90. The second kappa shape index (κ2) is 7.77. The van der Waals surface area contributed by atoms with E-state index >= 15 is 0 Å². The van der Waals surface area contributed by atoms with Gasteiger partial charge >= 0.3 is 0 Å². The molecule has 0 aliphatic carbocycles. The number of nitrogens with one attached hydrogen (secondary N) is 1. The van der Waals surface area contributed by atoms with E-state index in [1.54, 1.807) is 0 Å². The molecule has 1 aromatic rings. The van der Waals surface area contributed by atoms with Gasteiger partial charge in [0, 0.05) is 24.9 Å². The molecule has 0 bridgehead atoms. The van der Waals surface area contributed by atoms with Crippen LogP contribution in [0.3, 0.4) is 0 Å². The summed E-state index contributed by atoms with van der Waals surface area (Å²) in [6, 6.07) is 7.58. The third-order valence-electron chi connectivity index (χ3n) is 4.60. The van der Waals surface area contributed by atoms with Crippen LogP contribution < -0.4 is 5.32 Å². The van der Waals surface area contributed by atoms with E-state index in [1.807, 2.05) is 0 Å². The standard InChI is InChI=1S/C18H30N2O2S/c1-14-11-15(2)13-17(12-14)16(3)19-18-5-7-20(8-6-18)9-10-23(4,21)22/h11-13,16,18-19H,5-10H2,1-4H3/t16-/m0/s1. The first-order valence-corrected chi connectivity index (χ1v) is 10.5. The lowest BCUT2D eigenvalue weighted by atomic mass is 9.99. The fourth-order valence-corrected chi connectivity index (χ4v) is 3.92. The molecular formula is C18H30N2O2S. The molecule has 0 aromatic heterocycles. The Bertz CT molecular complexity index is 600. The minimum atomic E-state index is -2.86. The van der Waals surface area contributed by atoms with Gasteiger partial charge in [0.1, 0.15) is 9.84 Å². The SMILES string of the molecule is Cc1cc(C)cc([C@H](C)NC2CCN(CCS(C)(=O)=O)CC2)c1. The van der Waals surface area contributed by atoms with Crippen LogP contribution in [-0.4, -0.2) is 51.0 Å². The van der Waals surface area contributed by atoms with Crippen molar-refractivity contribution < 1.29 is 8.42 Å². The fourth-order valence-electron chi connectivity index (χ4n) is 3.33. The molecule has 1 aliphatic heterocycles. The summed E-state index contributed by atoms with van der Waals surface area (Å²) >= 11 is 0. The van der Waals surface area contributed by atoms with Crippen LogP contribution in [0.4, 0.5) is 0 Å². The number of aryl methyl sites for hydroxylation is 2. The first-order valence-electron chi connectivity index (χ1n) is 8.47. The quantitative estimate of drug-likeness (QED) is 0.866. The predicted molar refractivity (Wildman–Crippen MR) is 96.6 cm³/mol. The Balaban J connectivity index is 1.81. The zero-order valence-corrected chi connectivity index (χ0v) is 15.6. The van der Waals surface area contributed by atoms with Crippen molar-refractivity contribution in [1.29, 1.82) is 0 Å². The molecule has 1 N–H and O–H groups in total. The number of hydrogen-bond donors (Lipinski definition) is 1. The van der Waals surface area contributed by atoms with Gasteiger partial charge in [0.05, 0.1) is 5.75 Å². The largest absolute Gasteiger partial charge is 0.307 e. The number of benzene rings is 1. The number of piperidine rings is 1. The highest BCUT2D eigenvalue weighted by Crippen LogP contribution is 2.20. The maximum Gasteiger partial charge on any atom is 0.148 e. The number of likely N-dealkylation sites (tertiary alicyclic amines) is 1. The summed E-state index contributed by atoms with van der Waals surface area (Å²) < 4.78 is 22.5. The maximum atomic E-state index is 11.3. The smallest absolute Gasteiger partial charge is 0.148 e. The van der Waals surface area contributed by atoms with E-state index in [4.69, 9.17) is 0 Å². The van der Waals surface area contributed by atoms with Crippen LogP contribution in [0, 0.1) is 13.8 Å². The lowest BCUT2D eigenvalue weighted by Crippen LogP contribution is -2.44. The number of nitrogens with zero attached hydrogens (tertiary/aromatic N) is 1. The van der Waals surface area contributed by atoms with E-state index in [1.165, 1.54) is 22.9 Å². The monoisotopic (exact) mass is 338 g/mol. The van der Waals surface area contributed by atoms with E-state index in [2.05, 4.69) is 49.2 Å². The van der Waals surface area contributed by atoms with Gasteiger partial charge in [-0.2, -0.15) is 0 Å². The van der Waals surface area contributed by atoms with Crippen molar-refractivity contribution in [3.05, 3.63) is 34.9 Å². The molecular weight excluding hydrogens is 308 g/mol. The third kappa shape index (κ3) is 6.24. The van der Waals surface area contributed by atoms with Crippen molar-refractivity contribution >= 4 is 9.84 Å². The summed E-state index contributed by atoms with van der Waals surface area (Å²) in [5.74, 6) is 0.268. The molecule has 23 heavy (non-hydrogen) atoms. The first kappa shape index (κ1) is 18.4. The Kier molecular flexibility index (Phi) is 6.23. The van der Waals surface area contributed by atoms with Crippen molar-refractivity contribution in [2.45, 2.75) is 45.7 Å². The van der Waals surface area contributed by atoms with Gasteiger partial charge in [-0.3, -0.25) is 0 Å². The van der Waals surface area contributed by atoms with Gasteiger partial charge < -0.3 is 10.2 Å². The highest BCUT2D eigenvalue weighted by atomic mass is 32.2. The van der Waals surface area contributed by atoms with E-state index in [9.17, 15) is 8.42 Å². The highest BCUT2D eigenvalue weighted by Gasteiger charge is 2.21. The topological polar surface area (TPSA) is 49.4 Å². The fraction of sp³-hybridized carbons (Fsp3) is 0.667. The van der Waals surface area contributed by atoms with Gasteiger partial charge in [-0.1, -0.05) is 29.3 Å². The van der Waals surface area contributed by atoms with Crippen molar-refractivity contribution in [1.82, 2.24) is 10.2 Å². The number of hydrogen-bond acceptors (Lipinski definition) is 4. The normalized spacial score (nSPS) is 19.0. The second-order valence-electron chi connectivity index (χ2n) is 7.06. The van der Waals surface area contributed by atoms with Gasteiger partial charge in [0.25, 0.3) is 0 Å². The van der Waals surface area contributed by atoms with Crippen molar-refractivity contribution in [3.8, 4) is 0 Å². The molecule has 1 fully saturated rings.